The van der Waals surface area contributed by atoms with Crippen LogP contribution in [0.4, 0.5) is 10.1 Å². The summed E-state index contributed by atoms with van der Waals surface area (Å²) in [5, 5.41) is 0. The zero-order valence-corrected chi connectivity index (χ0v) is 11.8. The topological polar surface area (TPSA) is 32.5 Å². The number of benzene rings is 1. The minimum absolute atomic E-state index is 0.277. The minimum atomic E-state index is -0.277. The predicted molar refractivity (Wildman–Crippen MR) is 74.9 cm³/mol. The van der Waals surface area contributed by atoms with Gasteiger partial charge in [0.1, 0.15) is 5.82 Å². The van der Waals surface area contributed by atoms with E-state index < -0.39 is 0 Å². The highest BCUT2D eigenvalue weighted by Crippen LogP contribution is 2.17. The molecule has 1 unspecified atom stereocenters. The second-order valence-electron chi connectivity index (χ2n) is 5.02. The number of hydrogen-bond acceptors (Lipinski definition) is 3. The van der Waals surface area contributed by atoms with Crippen LogP contribution in [0.2, 0.25) is 0 Å². The molecule has 0 bridgehead atoms. The van der Waals surface area contributed by atoms with E-state index in [1.165, 1.54) is 12.1 Å². The number of halogens is 1. The fourth-order valence-electron chi connectivity index (χ4n) is 2.15. The van der Waals surface area contributed by atoms with Crippen LogP contribution >= 0.6 is 0 Å². The van der Waals surface area contributed by atoms with Crippen molar-refractivity contribution in [3.05, 3.63) is 29.6 Å². The molecule has 102 valence electrons. The van der Waals surface area contributed by atoms with E-state index in [0.717, 1.165) is 25.2 Å². The van der Waals surface area contributed by atoms with Crippen LogP contribution in [-0.2, 0) is 6.54 Å². The van der Waals surface area contributed by atoms with Gasteiger partial charge in [0, 0.05) is 24.8 Å². The molecule has 0 amide bonds. The number of nitrogen functional groups attached to an aromatic ring is 1. The van der Waals surface area contributed by atoms with Gasteiger partial charge in [-0.2, -0.15) is 0 Å². The van der Waals surface area contributed by atoms with Gasteiger partial charge in [-0.05, 0) is 45.3 Å². The maximum atomic E-state index is 13.0. The van der Waals surface area contributed by atoms with E-state index in [2.05, 4.69) is 37.7 Å². The van der Waals surface area contributed by atoms with E-state index in [-0.39, 0.29) is 5.82 Å². The molecule has 2 N–H and O–H groups in total. The lowest BCUT2D eigenvalue weighted by molar-refractivity contribution is 0.174. The summed E-state index contributed by atoms with van der Waals surface area (Å²) in [6.07, 6.45) is 0. The first-order valence-corrected chi connectivity index (χ1v) is 6.36. The molecule has 1 rings (SSSR count). The van der Waals surface area contributed by atoms with Gasteiger partial charge in [-0.3, -0.25) is 4.90 Å². The lowest BCUT2D eigenvalue weighted by atomic mass is 10.1. The second kappa shape index (κ2) is 6.71. The summed E-state index contributed by atoms with van der Waals surface area (Å²) in [4.78, 5) is 4.50. The van der Waals surface area contributed by atoms with Crippen LogP contribution in [0, 0.1) is 5.82 Å². The minimum Gasteiger partial charge on any atom is -0.398 e. The van der Waals surface area contributed by atoms with Crippen molar-refractivity contribution in [1.29, 1.82) is 0 Å². The fraction of sp³-hybridized carbons (Fsp3) is 0.571. The highest BCUT2D eigenvalue weighted by molar-refractivity contribution is 5.46. The molecule has 0 aliphatic heterocycles. The molecule has 0 fully saturated rings. The summed E-state index contributed by atoms with van der Waals surface area (Å²) in [5.74, 6) is -0.277. The van der Waals surface area contributed by atoms with E-state index in [4.69, 9.17) is 5.73 Å². The Balaban J connectivity index is 2.73. The Morgan fingerprint density at radius 2 is 2.00 bits per heavy atom. The Kier molecular flexibility index (Phi) is 5.56. The van der Waals surface area contributed by atoms with Gasteiger partial charge in [0.05, 0.1) is 0 Å². The first-order chi connectivity index (χ1) is 8.43. The van der Waals surface area contributed by atoms with Crippen molar-refractivity contribution in [2.45, 2.75) is 26.4 Å². The van der Waals surface area contributed by atoms with E-state index in [1.54, 1.807) is 6.07 Å². The van der Waals surface area contributed by atoms with Crippen molar-refractivity contribution in [2.24, 2.45) is 0 Å². The highest BCUT2D eigenvalue weighted by atomic mass is 19.1. The number of nitrogens with zero attached hydrogens (tertiary/aromatic N) is 2. The van der Waals surface area contributed by atoms with Crippen molar-refractivity contribution >= 4 is 5.69 Å². The van der Waals surface area contributed by atoms with Crippen molar-refractivity contribution in [3.63, 3.8) is 0 Å². The molecule has 0 saturated heterocycles. The number of nitrogens with two attached hydrogens (primary N) is 1. The molecule has 0 aliphatic carbocycles. The van der Waals surface area contributed by atoms with Gasteiger partial charge in [-0.1, -0.05) is 13.0 Å². The average molecular weight is 253 g/mol. The normalized spacial score (nSPS) is 13.3. The lowest BCUT2D eigenvalue weighted by Gasteiger charge is -2.30. The van der Waals surface area contributed by atoms with Gasteiger partial charge in [0.2, 0.25) is 0 Å². The number of hydrogen-bond donors (Lipinski definition) is 1. The average Bonchev–Trinajstić information content (AvgIpc) is 2.27. The quantitative estimate of drug-likeness (QED) is 0.789. The third-order valence-electron chi connectivity index (χ3n) is 3.14. The number of anilines is 1. The maximum Gasteiger partial charge on any atom is 0.125 e. The van der Waals surface area contributed by atoms with E-state index in [9.17, 15) is 4.39 Å². The van der Waals surface area contributed by atoms with E-state index in [1.807, 2.05) is 0 Å². The fourth-order valence-corrected chi connectivity index (χ4v) is 2.15. The smallest absolute Gasteiger partial charge is 0.125 e. The molecular formula is C14H24FN3. The van der Waals surface area contributed by atoms with Gasteiger partial charge in [-0.15, -0.1) is 0 Å². The van der Waals surface area contributed by atoms with Crippen LogP contribution in [0.15, 0.2) is 18.2 Å². The Labute approximate surface area is 109 Å². The third-order valence-corrected chi connectivity index (χ3v) is 3.14. The van der Waals surface area contributed by atoms with Crippen molar-refractivity contribution < 1.29 is 4.39 Å². The Bertz CT molecular complexity index is 379. The molecular weight excluding hydrogens is 229 g/mol. The zero-order chi connectivity index (χ0) is 13.7. The van der Waals surface area contributed by atoms with Crippen LogP contribution in [0.1, 0.15) is 19.4 Å². The summed E-state index contributed by atoms with van der Waals surface area (Å²) in [6, 6.07) is 5.07. The largest absolute Gasteiger partial charge is 0.398 e. The summed E-state index contributed by atoms with van der Waals surface area (Å²) in [6.45, 7) is 7.04. The highest BCUT2D eigenvalue weighted by Gasteiger charge is 2.14. The van der Waals surface area contributed by atoms with E-state index in [0.29, 0.717) is 11.7 Å². The van der Waals surface area contributed by atoms with Crippen molar-refractivity contribution in [3.8, 4) is 0 Å². The lowest BCUT2D eigenvalue weighted by Crippen LogP contribution is -2.39. The molecule has 0 aromatic heterocycles. The van der Waals surface area contributed by atoms with Crippen LogP contribution < -0.4 is 5.73 Å². The van der Waals surface area contributed by atoms with Gasteiger partial charge in [0.25, 0.3) is 0 Å². The molecule has 0 aliphatic rings. The molecule has 1 aromatic rings. The Morgan fingerprint density at radius 3 is 2.50 bits per heavy atom. The first-order valence-electron chi connectivity index (χ1n) is 6.36. The zero-order valence-electron chi connectivity index (χ0n) is 11.8. The van der Waals surface area contributed by atoms with E-state index >= 15 is 0 Å². The Hall–Kier alpha value is -1.13. The predicted octanol–water partition coefficient (Wildman–Crippen LogP) is 2.18. The second-order valence-corrected chi connectivity index (χ2v) is 5.02. The molecule has 3 nitrogen and oxygen atoms in total. The van der Waals surface area contributed by atoms with Crippen molar-refractivity contribution in [1.82, 2.24) is 9.80 Å². The molecule has 0 radical (unpaired) electrons. The molecule has 0 saturated carbocycles. The van der Waals surface area contributed by atoms with Gasteiger partial charge in [0.15, 0.2) is 0 Å². The van der Waals surface area contributed by atoms with Crippen LogP contribution in [0.3, 0.4) is 0 Å². The maximum absolute atomic E-state index is 13.0. The summed E-state index contributed by atoms with van der Waals surface area (Å²) in [7, 11) is 4.13. The summed E-state index contributed by atoms with van der Waals surface area (Å²) in [5.41, 5.74) is 7.37. The van der Waals surface area contributed by atoms with Crippen LogP contribution in [-0.4, -0.2) is 43.0 Å². The third kappa shape index (κ3) is 4.27. The molecule has 1 aromatic carbocycles. The summed E-state index contributed by atoms with van der Waals surface area (Å²) >= 11 is 0. The molecule has 0 heterocycles. The van der Waals surface area contributed by atoms with Gasteiger partial charge < -0.3 is 10.6 Å². The Morgan fingerprint density at radius 1 is 1.33 bits per heavy atom. The number of rotatable bonds is 6. The standard InChI is InChI=1S/C14H24FN3/c1-5-18(11(2)9-17(3)4)10-12-6-7-13(15)8-14(12)16/h6-8,11H,5,9-10,16H2,1-4H3. The molecule has 1 atom stereocenters. The van der Waals surface area contributed by atoms with Gasteiger partial charge in [-0.25, -0.2) is 4.39 Å². The monoisotopic (exact) mass is 253 g/mol. The molecule has 4 heteroatoms. The summed E-state index contributed by atoms with van der Waals surface area (Å²) < 4.78 is 13.0. The SMILES string of the molecule is CCN(Cc1ccc(F)cc1N)C(C)CN(C)C. The van der Waals surface area contributed by atoms with Gasteiger partial charge >= 0.3 is 0 Å². The van der Waals surface area contributed by atoms with Crippen LogP contribution in [0.25, 0.3) is 0 Å². The molecule has 0 spiro atoms. The molecule has 18 heavy (non-hydrogen) atoms. The van der Waals surface area contributed by atoms with Crippen molar-refractivity contribution in [2.75, 3.05) is 32.9 Å². The first kappa shape index (κ1) is 14.9. The number of likely N-dealkylation sites (N-methyl/N-ethyl adjacent to an activating group) is 2. The van der Waals surface area contributed by atoms with Crippen LogP contribution in [0.5, 0.6) is 0 Å².